The monoisotopic (exact) mass is 280 g/mol. The zero-order valence-electron chi connectivity index (χ0n) is 10.4. The second-order valence-corrected chi connectivity index (χ2v) is 4.34. The summed E-state index contributed by atoms with van der Waals surface area (Å²) in [5, 5.41) is 22.6. The summed E-state index contributed by atoms with van der Waals surface area (Å²) in [6.45, 7) is -0.412. The second kappa shape index (κ2) is 5.85. The van der Waals surface area contributed by atoms with E-state index in [0.29, 0.717) is 0 Å². The van der Waals surface area contributed by atoms with Gasteiger partial charge in [0.15, 0.2) is 18.4 Å². The topological polar surface area (TPSA) is 145 Å². The van der Waals surface area contributed by atoms with Crippen molar-refractivity contribution in [1.29, 1.82) is 0 Å². The van der Waals surface area contributed by atoms with E-state index in [0.717, 1.165) is 0 Å². The minimum absolute atomic E-state index is 0.248. The second-order valence-electron chi connectivity index (χ2n) is 4.34. The summed E-state index contributed by atoms with van der Waals surface area (Å²) >= 11 is 0. The maximum absolute atomic E-state index is 11.2. The van der Waals surface area contributed by atoms with Crippen LogP contribution in [0.1, 0.15) is 16.6 Å². The third-order valence-electron chi connectivity index (χ3n) is 3.10. The number of amides is 1. The van der Waals surface area contributed by atoms with Gasteiger partial charge in [-0.3, -0.25) is 4.79 Å². The number of hydrogen-bond donors (Lipinski definition) is 3. The van der Waals surface area contributed by atoms with Crippen LogP contribution < -0.4 is 10.3 Å². The molecule has 0 unspecified atom stereocenters. The number of carbonyl (C=O) groups is 1. The summed E-state index contributed by atoms with van der Waals surface area (Å²) in [7, 11) is 0. The Labute approximate surface area is 113 Å². The molecule has 106 valence electrons. The van der Waals surface area contributed by atoms with Gasteiger partial charge in [0.2, 0.25) is 0 Å². The summed E-state index contributed by atoms with van der Waals surface area (Å²) in [5.41, 5.74) is 14.0. The molecule has 0 spiro atoms. The third kappa shape index (κ3) is 2.56. The highest BCUT2D eigenvalue weighted by Crippen LogP contribution is 2.28. The molecule has 0 aromatic carbocycles. The van der Waals surface area contributed by atoms with Crippen LogP contribution in [0.15, 0.2) is 29.6 Å². The molecule has 0 bridgehead atoms. The summed E-state index contributed by atoms with van der Waals surface area (Å²) in [6.07, 6.45) is 0.200. The number of aliphatic hydroxyl groups excluding tert-OH is 2. The van der Waals surface area contributed by atoms with Crippen LogP contribution in [0.5, 0.6) is 0 Å². The van der Waals surface area contributed by atoms with E-state index in [9.17, 15) is 9.90 Å². The summed E-state index contributed by atoms with van der Waals surface area (Å²) < 4.78 is 6.93. The summed E-state index contributed by atoms with van der Waals surface area (Å²) in [4.78, 5) is 13.8. The molecule has 9 nitrogen and oxygen atoms in total. The number of ether oxygens (including phenoxy) is 1. The van der Waals surface area contributed by atoms with Gasteiger partial charge in [-0.2, -0.15) is 4.57 Å². The molecular weight excluding hydrogens is 266 g/mol. The molecule has 1 aliphatic heterocycles. The Hall–Kier alpha value is -2.19. The fraction of sp³-hybridized carbons (Fsp3) is 0.455. The molecular formula is C11H14N5O4+. The van der Waals surface area contributed by atoms with E-state index in [1.54, 1.807) is 12.3 Å². The van der Waals surface area contributed by atoms with Crippen LogP contribution in [0.4, 0.5) is 0 Å². The van der Waals surface area contributed by atoms with Crippen LogP contribution in [0.2, 0.25) is 0 Å². The Kier molecular flexibility index (Phi) is 4.16. The zero-order chi connectivity index (χ0) is 14.7. The van der Waals surface area contributed by atoms with E-state index in [2.05, 4.69) is 10.0 Å². The highest BCUT2D eigenvalue weighted by molar-refractivity contribution is 5.92. The fourth-order valence-corrected chi connectivity index (χ4v) is 2.11. The molecule has 2 heterocycles. The third-order valence-corrected chi connectivity index (χ3v) is 3.10. The first-order valence-electron chi connectivity index (χ1n) is 5.87. The number of azide groups is 1. The highest BCUT2D eigenvalue weighted by Gasteiger charge is 2.48. The normalized spacial score (nSPS) is 28.9. The van der Waals surface area contributed by atoms with E-state index in [4.69, 9.17) is 21.1 Å². The number of pyridine rings is 1. The lowest BCUT2D eigenvalue weighted by molar-refractivity contribution is -0.761. The van der Waals surface area contributed by atoms with Crippen LogP contribution in [0.3, 0.4) is 0 Å². The Balaban J connectivity index is 2.37. The fourth-order valence-electron chi connectivity index (χ4n) is 2.11. The minimum atomic E-state index is -1.13. The highest BCUT2D eigenvalue weighted by atomic mass is 16.5. The number of rotatable bonds is 4. The Bertz CT molecular complexity index is 559. The van der Waals surface area contributed by atoms with E-state index in [1.165, 1.54) is 16.8 Å². The molecule has 20 heavy (non-hydrogen) atoms. The molecule has 4 atom stereocenters. The molecule has 9 heteroatoms. The van der Waals surface area contributed by atoms with Crippen molar-refractivity contribution in [2.24, 2.45) is 10.8 Å². The Morgan fingerprint density at radius 3 is 3.00 bits per heavy atom. The van der Waals surface area contributed by atoms with Crippen molar-refractivity contribution in [1.82, 2.24) is 0 Å². The maximum atomic E-state index is 11.2. The van der Waals surface area contributed by atoms with Crippen molar-refractivity contribution < 1.29 is 24.3 Å². The SMILES string of the molecule is [N-]=[N+]=N[C@@H]1[C@H](O)[C@@H](CO)O[C@H]1[n+]1cccc(C(N)=O)c1. The average Bonchev–Trinajstić information content (AvgIpc) is 2.76. The molecule has 1 amide bonds. The van der Waals surface area contributed by atoms with Crippen LogP contribution in [-0.4, -0.2) is 41.0 Å². The number of primary amides is 1. The van der Waals surface area contributed by atoms with Crippen molar-refractivity contribution in [2.75, 3.05) is 6.61 Å². The predicted molar refractivity (Wildman–Crippen MR) is 65.1 cm³/mol. The van der Waals surface area contributed by atoms with E-state index in [1.807, 2.05) is 0 Å². The largest absolute Gasteiger partial charge is 0.394 e. The number of nitrogens with two attached hydrogens (primary N) is 1. The lowest BCUT2D eigenvalue weighted by atomic mass is 10.1. The Morgan fingerprint density at radius 1 is 1.65 bits per heavy atom. The molecule has 2 rings (SSSR count). The Morgan fingerprint density at radius 2 is 2.40 bits per heavy atom. The molecule has 0 saturated carbocycles. The van der Waals surface area contributed by atoms with E-state index >= 15 is 0 Å². The smallest absolute Gasteiger partial charge is 0.274 e. The first-order valence-corrected chi connectivity index (χ1v) is 5.87. The van der Waals surface area contributed by atoms with Gasteiger partial charge >= 0.3 is 0 Å². The van der Waals surface area contributed by atoms with Gasteiger partial charge in [0, 0.05) is 11.0 Å². The van der Waals surface area contributed by atoms with Crippen molar-refractivity contribution >= 4 is 5.91 Å². The van der Waals surface area contributed by atoms with Gasteiger partial charge in [-0.05, 0) is 11.6 Å². The molecule has 1 fully saturated rings. The van der Waals surface area contributed by atoms with E-state index in [-0.39, 0.29) is 5.56 Å². The van der Waals surface area contributed by atoms with Gasteiger partial charge in [0.05, 0.1) is 6.61 Å². The van der Waals surface area contributed by atoms with Gasteiger partial charge < -0.3 is 20.7 Å². The molecule has 1 aliphatic rings. The first-order chi connectivity index (χ1) is 9.58. The molecule has 1 aromatic heterocycles. The lowest BCUT2D eigenvalue weighted by Crippen LogP contribution is -2.45. The van der Waals surface area contributed by atoms with Gasteiger partial charge in [0.1, 0.15) is 17.8 Å². The van der Waals surface area contributed by atoms with E-state index < -0.39 is 37.0 Å². The van der Waals surface area contributed by atoms with Crippen LogP contribution in [-0.2, 0) is 4.74 Å². The number of nitrogens with zero attached hydrogens (tertiary/aromatic N) is 4. The van der Waals surface area contributed by atoms with Crippen molar-refractivity contribution in [2.45, 2.75) is 24.5 Å². The number of aromatic nitrogens is 1. The molecule has 1 aromatic rings. The molecule has 4 N–H and O–H groups in total. The van der Waals surface area contributed by atoms with Crippen LogP contribution in [0, 0.1) is 0 Å². The zero-order valence-corrected chi connectivity index (χ0v) is 10.4. The quantitative estimate of drug-likeness (QED) is 0.281. The van der Waals surface area contributed by atoms with Crippen molar-refractivity contribution in [3.63, 3.8) is 0 Å². The lowest BCUT2D eigenvalue weighted by Gasteiger charge is -2.10. The standard InChI is InChI=1S/C11H13N5O4/c12-10(19)6-2-1-3-16(4-6)11-8(14-15-13)9(18)7(5-17)20-11/h1-4,7-9,11,17-18H,5H2,(H-,12,19)/p+1/t7-,8-,9-,11-/m1/s1. The van der Waals surface area contributed by atoms with Gasteiger partial charge in [-0.25, -0.2) is 0 Å². The molecule has 1 saturated heterocycles. The minimum Gasteiger partial charge on any atom is -0.394 e. The molecule has 0 aliphatic carbocycles. The van der Waals surface area contributed by atoms with Gasteiger partial charge in [-0.15, -0.1) is 0 Å². The number of aliphatic hydroxyl groups is 2. The van der Waals surface area contributed by atoms with Crippen molar-refractivity contribution in [3.05, 3.63) is 40.5 Å². The van der Waals surface area contributed by atoms with Crippen LogP contribution >= 0.6 is 0 Å². The molecule has 0 radical (unpaired) electrons. The summed E-state index contributed by atoms with van der Waals surface area (Å²) in [5.74, 6) is -0.614. The maximum Gasteiger partial charge on any atom is 0.274 e. The first kappa shape index (κ1) is 14.2. The van der Waals surface area contributed by atoms with Gasteiger partial charge in [-0.1, -0.05) is 5.11 Å². The predicted octanol–water partition coefficient (Wildman–Crippen LogP) is -0.997. The van der Waals surface area contributed by atoms with Gasteiger partial charge in [0.25, 0.3) is 12.1 Å². The summed E-state index contributed by atoms with van der Waals surface area (Å²) in [6, 6.07) is 2.19. The van der Waals surface area contributed by atoms with Crippen LogP contribution in [0.25, 0.3) is 10.4 Å². The van der Waals surface area contributed by atoms with Crippen molar-refractivity contribution in [3.8, 4) is 0 Å². The average molecular weight is 280 g/mol. The number of hydrogen-bond acceptors (Lipinski definition) is 5. The number of carbonyl (C=O) groups excluding carboxylic acids is 1.